The van der Waals surface area contributed by atoms with E-state index < -0.39 is 0 Å². The van der Waals surface area contributed by atoms with Crippen LogP contribution in [0.4, 0.5) is 0 Å². The summed E-state index contributed by atoms with van der Waals surface area (Å²) in [6.45, 7) is 2.31. The highest BCUT2D eigenvalue weighted by Crippen LogP contribution is 2.34. The lowest BCUT2D eigenvalue weighted by Gasteiger charge is -2.12. The van der Waals surface area contributed by atoms with Gasteiger partial charge in [-0.3, -0.25) is 9.69 Å². The third-order valence-electron chi connectivity index (χ3n) is 4.72. The number of ether oxygens (including phenoxy) is 1. The fourth-order valence-electron chi connectivity index (χ4n) is 3.01. The summed E-state index contributed by atoms with van der Waals surface area (Å²) in [5.41, 5.74) is 2.98. The molecular formula is C24H21N3O3S. The number of nitrogens with zero attached hydrogens (tertiary/aromatic N) is 3. The Bertz CT molecular complexity index is 1150. The Morgan fingerprint density at radius 1 is 1.10 bits per heavy atom. The Morgan fingerprint density at radius 3 is 2.61 bits per heavy atom. The molecule has 1 amide bonds. The normalized spacial score (nSPS) is 16.7. The molecule has 1 aliphatic rings. The second kappa shape index (κ2) is 9.49. The Labute approximate surface area is 184 Å². The van der Waals surface area contributed by atoms with E-state index in [2.05, 4.69) is 10.2 Å². The van der Waals surface area contributed by atoms with Crippen LogP contribution < -0.4 is 4.74 Å². The van der Waals surface area contributed by atoms with Crippen molar-refractivity contribution in [1.82, 2.24) is 4.90 Å². The summed E-state index contributed by atoms with van der Waals surface area (Å²) < 4.78 is 10.6. The number of furan rings is 1. The third-order valence-corrected chi connectivity index (χ3v) is 5.72. The van der Waals surface area contributed by atoms with Crippen LogP contribution in [-0.2, 0) is 11.3 Å². The van der Waals surface area contributed by atoms with E-state index in [0.717, 1.165) is 22.4 Å². The first-order valence-corrected chi connectivity index (χ1v) is 10.5. The summed E-state index contributed by atoms with van der Waals surface area (Å²) >= 11 is 1.31. The van der Waals surface area contributed by atoms with Gasteiger partial charge in [-0.2, -0.15) is 5.10 Å². The molecule has 0 atom stereocenters. The zero-order valence-electron chi connectivity index (χ0n) is 17.2. The molecule has 1 fully saturated rings. The molecule has 0 aliphatic carbocycles. The zero-order chi connectivity index (χ0) is 21.6. The summed E-state index contributed by atoms with van der Waals surface area (Å²) in [5.74, 6) is 1.33. The van der Waals surface area contributed by atoms with Gasteiger partial charge in [0.05, 0.1) is 31.0 Å². The largest absolute Gasteiger partial charge is 0.497 e. The topological polar surface area (TPSA) is 67.4 Å². The van der Waals surface area contributed by atoms with Gasteiger partial charge >= 0.3 is 0 Å². The Morgan fingerprint density at radius 2 is 1.90 bits per heavy atom. The summed E-state index contributed by atoms with van der Waals surface area (Å²) in [6, 6.07) is 19.1. The van der Waals surface area contributed by atoms with Crippen LogP contribution >= 0.6 is 11.8 Å². The van der Waals surface area contributed by atoms with E-state index in [1.807, 2.05) is 67.6 Å². The molecular weight excluding hydrogens is 410 g/mol. The van der Waals surface area contributed by atoms with Crippen LogP contribution in [0.2, 0.25) is 0 Å². The number of rotatable bonds is 6. The van der Waals surface area contributed by atoms with Gasteiger partial charge in [0.1, 0.15) is 11.5 Å². The van der Waals surface area contributed by atoms with Crippen LogP contribution in [0.3, 0.4) is 0 Å². The quantitative estimate of drug-likeness (QED) is 0.309. The number of thioether (sulfide) groups is 1. The predicted molar refractivity (Wildman–Crippen MR) is 124 cm³/mol. The van der Waals surface area contributed by atoms with Crippen molar-refractivity contribution < 1.29 is 13.9 Å². The molecule has 4 rings (SSSR count). The number of benzene rings is 2. The Balaban J connectivity index is 1.61. The van der Waals surface area contributed by atoms with Crippen LogP contribution in [-0.4, -0.2) is 29.3 Å². The van der Waals surface area contributed by atoms with Gasteiger partial charge in [0.2, 0.25) is 0 Å². The molecule has 1 saturated heterocycles. The second-order valence-corrected chi connectivity index (χ2v) is 7.85. The summed E-state index contributed by atoms with van der Waals surface area (Å²) in [6.07, 6.45) is 5.13. The fourth-order valence-corrected chi connectivity index (χ4v) is 3.93. The molecule has 0 bridgehead atoms. The number of methoxy groups -OCH3 is 1. The molecule has 1 aliphatic heterocycles. The van der Waals surface area contributed by atoms with Crippen molar-refractivity contribution in [2.45, 2.75) is 13.5 Å². The van der Waals surface area contributed by atoms with Crippen LogP contribution in [0.15, 0.2) is 86.5 Å². The highest BCUT2D eigenvalue weighted by molar-refractivity contribution is 8.18. The van der Waals surface area contributed by atoms with Crippen LogP contribution in [0.25, 0.3) is 6.08 Å². The van der Waals surface area contributed by atoms with Crippen molar-refractivity contribution in [1.29, 1.82) is 0 Å². The highest BCUT2D eigenvalue weighted by Gasteiger charge is 2.34. The Kier molecular flexibility index (Phi) is 6.33. The summed E-state index contributed by atoms with van der Waals surface area (Å²) in [5, 5.41) is 9.04. The lowest BCUT2D eigenvalue weighted by atomic mass is 10.1. The van der Waals surface area contributed by atoms with E-state index in [1.54, 1.807) is 30.6 Å². The van der Waals surface area contributed by atoms with Gasteiger partial charge in [0.25, 0.3) is 5.91 Å². The molecule has 7 heteroatoms. The number of carbonyl (C=O) groups excluding carboxylic acids is 1. The van der Waals surface area contributed by atoms with Crippen molar-refractivity contribution in [3.8, 4) is 5.75 Å². The minimum atomic E-state index is -0.122. The van der Waals surface area contributed by atoms with E-state index in [4.69, 9.17) is 9.15 Å². The predicted octanol–water partition coefficient (Wildman–Crippen LogP) is 5.10. The molecule has 156 valence electrons. The molecule has 0 N–H and O–H groups in total. The first kappa shape index (κ1) is 20.7. The number of amidine groups is 1. The fraction of sp³-hybridized carbons (Fsp3) is 0.125. The lowest BCUT2D eigenvalue weighted by molar-refractivity contribution is -0.122. The molecule has 0 saturated carbocycles. The van der Waals surface area contributed by atoms with Gasteiger partial charge in [0, 0.05) is 0 Å². The first-order chi connectivity index (χ1) is 15.1. The van der Waals surface area contributed by atoms with E-state index in [0.29, 0.717) is 22.4 Å². The molecule has 1 aromatic heterocycles. The molecule has 0 unspecified atom stereocenters. The number of aryl methyl sites for hydroxylation is 1. The van der Waals surface area contributed by atoms with Gasteiger partial charge in [-0.15, -0.1) is 5.10 Å². The van der Waals surface area contributed by atoms with Crippen LogP contribution in [0.5, 0.6) is 5.75 Å². The van der Waals surface area contributed by atoms with Gasteiger partial charge in [0.15, 0.2) is 5.17 Å². The number of hydrogen-bond acceptors (Lipinski definition) is 6. The van der Waals surface area contributed by atoms with Gasteiger partial charge in [-0.25, -0.2) is 0 Å². The summed E-state index contributed by atoms with van der Waals surface area (Å²) in [4.78, 5) is 15.3. The Hall–Kier alpha value is -3.58. The average Bonchev–Trinajstić information content (AvgIpc) is 3.40. The van der Waals surface area contributed by atoms with E-state index in [9.17, 15) is 4.79 Å². The van der Waals surface area contributed by atoms with E-state index in [1.165, 1.54) is 11.8 Å². The SMILES string of the molecule is COc1ccc(/C=N\N=C2\S/C(=C\c3ccccc3C)C(=O)N2Cc2ccco2)cc1. The molecule has 0 radical (unpaired) electrons. The smallest absolute Gasteiger partial charge is 0.267 e. The van der Waals surface area contributed by atoms with Gasteiger partial charge in [-0.1, -0.05) is 24.3 Å². The monoisotopic (exact) mass is 431 g/mol. The van der Waals surface area contributed by atoms with E-state index >= 15 is 0 Å². The second-order valence-electron chi connectivity index (χ2n) is 6.84. The van der Waals surface area contributed by atoms with Crippen molar-refractivity contribution >= 4 is 35.1 Å². The number of hydrogen-bond donors (Lipinski definition) is 0. The summed E-state index contributed by atoms with van der Waals surface area (Å²) in [7, 11) is 1.62. The van der Waals surface area contributed by atoms with Crippen LogP contribution in [0.1, 0.15) is 22.5 Å². The van der Waals surface area contributed by atoms with E-state index in [-0.39, 0.29) is 5.91 Å². The van der Waals surface area contributed by atoms with Crippen molar-refractivity contribution in [2.75, 3.05) is 7.11 Å². The van der Waals surface area contributed by atoms with Gasteiger partial charge in [-0.05, 0) is 77.9 Å². The average molecular weight is 432 g/mol. The minimum absolute atomic E-state index is 0.122. The first-order valence-electron chi connectivity index (χ1n) is 9.68. The molecule has 0 spiro atoms. The maximum absolute atomic E-state index is 13.1. The maximum Gasteiger partial charge on any atom is 0.267 e. The zero-order valence-corrected chi connectivity index (χ0v) is 18.0. The van der Waals surface area contributed by atoms with Gasteiger partial charge < -0.3 is 9.15 Å². The molecule has 31 heavy (non-hydrogen) atoms. The van der Waals surface area contributed by atoms with Crippen LogP contribution in [0, 0.1) is 6.92 Å². The van der Waals surface area contributed by atoms with Crippen molar-refractivity contribution in [3.63, 3.8) is 0 Å². The highest BCUT2D eigenvalue weighted by atomic mass is 32.2. The van der Waals surface area contributed by atoms with Crippen molar-refractivity contribution in [3.05, 3.63) is 94.3 Å². The standard InChI is InChI=1S/C24H21N3O3S/c1-17-6-3-4-7-19(17)14-22-23(28)27(16-21-8-5-13-30-21)24(31-22)26-25-15-18-9-11-20(29-2)12-10-18/h3-15H,16H2,1-2H3/b22-14-,25-15-,26-24+. The molecule has 2 aromatic carbocycles. The molecule has 6 nitrogen and oxygen atoms in total. The number of amides is 1. The molecule has 2 heterocycles. The molecule has 3 aromatic rings. The maximum atomic E-state index is 13.1. The third kappa shape index (κ3) is 4.95. The number of carbonyl (C=O) groups is 1. The lowest BCUT2D eigenvalue weighted by Crippen LogP contribution is -2.28. The van der Waals surface area contributed by atoms with Crippen molar-refractivity contribution in [2.24, 2.45) is 10.2 Å². The minimum Gasteiger partial charge on any atom is -0.497 e.